The molecule has 5 heteroatoms. The van der Waals surface area contributed by atoms with Crippen LogP contribution in [0.15, 0.2) is 54.6 Å². The Morgan fingerprint density at radius 2 is 1.88 bits per heavy atom. The first-order chi connectivity index (χ1) is 12.0. The van der Waals surface area contributed by atoms with Crippen molar-refractivity contribution < 1.29 is 19.1 Å². The van der Waals surface area contributed by atoms with Crippen molar-refractivity contribution in [3.63, 3.8) is 0 Å². The van der Waals surface area contributed by atoms with Gasteiger partial charge in [0, 0.05) is 13.5 Å². The molecule has 1 aliphatic rings. The summed E-state index contributed by atoms with van der Waals surface area (Å²) < 4.78 is 10.8. The number of hydrogen-bond donors (Lipinski definition) is 0. The lowest BCUT2D eigenvalue weighted by atomic mass is 10.00. The van der Waals surface area contributed by atoms with E-state index in [-0.39, 0.29) is 18.6 Å². The summed E-state index contributed by atoms with van der Waals surface area (Å²) >= 11 is 0. The molecular formula is C20H21NO4. The van der Waals surface area contributed by atoms with Crippen molar-refractivity contribution in [2.24, 2.45) is 0 Å². The van der Waals surface area contributed by atoms with Crippen LogP contribution < -0.4 is 0 Å². The minimum absolute atomic E-state index is 0.192. The third kappa shape index (κ3) is 3.99. The zero-order valence-corrected chi connectivity index (χ0v) is 14.3. The predicted octanol–water partition coefficient (Wildman–Crippen LogP) is 3.62. The molecule has 1 saturated heterocycles. The monoisotopic (exact) mass is 339 g/mol. The normalized spacial score (nSPS) is 17.9. The van der Waals surface area contributed by atoms with Gasteiger partial charge in [-0.05, 0) is 18.1 Å². The molecule has 0 aromatic heterocycles. The van der Waals surface area contributed by atoms with Gasteiger partial charge in [0.25, 0.3) is 0 Å². The summed E-state index contributed by atoms with van der Waals surface area (Å²) in [7, 11) is 0. The molecule has 1 amide bonds. The topological polar surface area (TPSA) is 55.8 Å². The summed E-state index contributed by atoms with van der Waals surface area (Å²) in [4.78, 5) is 25.5. The Hall–Kier alpha value is -2.82. The number of aryl methyl sites for hydroxylation is 1. The van der Waals surface area contributed by atoms with E-state index in [1.54, 1.807) is 4.90 Å². The number of hydrogen-bond acceptors (Lipinski definition) is 4. The number of ether oxygens (including phenoxy) is 2. The van der Waals surface area contributed by atoms with Gasteiger partial charge < -0.3 is 9.47 Å². The van der Waals surface area contributed by atoms with Crippen molar-refractivity contribution in [1.82, 2.24) is 4.90 Å². The molecule has 2 aromatic carbocycles. The van der Waals surface area contributed by atoms with E-state index in [1.807, 2.05) is 61.5 Å². The lowest BCUT2D eigenvalue weighted by Crippen LogP contribution is -2.39. The van der Waals surface area contributed by atoms with Crippen LogP contribution in [0, 0.1) is 6.92 Å². The van der Waals surface area contributed by atoms with Crippen LogP contribution in [0.25, 0.3) is 0 Å². The lowest BCUT2D eigenvalue weighted by Gasteiger charge is -2.29. The average Bonchev–Trinajstić information content (AvgIpc) is 2.95. The minimum atomic E-state index is -0.562. The zero-order valence-electron chi connectivity index (χ0n) is 14.3. The summed E-state index contributed by atoms with van der Waals surface area (Å²) in [5.41, 5.74) is 2.96. The Kier molecular flexibility index (Phi) is 5.03. The molecule has 1 aliphatic heterocycles. The maximum atomic E-state index is 12.2. The van der Waals surface area contributed by atoms with Gasteiger partial charge in [0.1, 0.15) is 12.6 Å². The zero-order chi connectivity index (χ0) is 17.8. The van der Waals surface area contributed by atoms with Gasteiger partial charge in [-0.2, -0.15) is 0 Å². The fraction of sp³-hybridized carbons (Fsp3) is 0.300. The van der Waals surface area contributed by atoms with Crippen LogP contribution in [0.4, 0.5) is 4.79 Å². The van der Waals surface area contributed by atoms with E-state index in [0.717, 1.165) is 16.7 Å². The van der Waals surface area contributed by atoms with Crippen molar-refractivity contribution in [2.75, 3.05) is 6.61 Å². The summed E-state index contributed by atoms with van der Waals surface area (Å²) in [5, 5.41) is 0. The smallest absolute Gasteiger partial charge is 0.410 e. The highest BCUT2D eigenvalue weighted by atomic mass is 16.6. The summed E-state index contributed by atoms with van der Waals surface area (Å²) in [6.45, 7) is 3.97. The predicted molar refractivity (Wildman–Crippen MR) is 92.8 cm³/mol. The Morgan fingerprint density at radius 3 is 2.52 bits per heavy atom. The second-order valence-electron chi connectivity index (χ2n) is 6.20. The highest BCUT2D eigenvalue weighted by Gasteiger charge is 2.40. The first-order valence-corrected chi connectivity index (χ1v) is 8.25. The van der Waals surface area contributed by atoms with Gasteiger partial charge in [-0.25, -0.2) is 4.79 Å². The summed E-state index contributed by atoms with van der Waals surface area (Å²) in [5.74, 6) is -0.385. The number of carbonyl (C=O) groups excluding carboxylic acids is 2. The van der Waals surface area contributed by atoms with Gasteiger partial charge in [-0.1, -0.05) is 60.2 Å². The van der Waals surface area contributed by atoms with Crippen molar-refractivity contribution in [3.05, 3.63) is 71.3 Å². The van der Waals surface area contributed by atoms with Crippen molar-refractivity contribution in [1.29, 1.82) is 0 Å². The SMILES string of the molecule is CC(=O)O[C@H](c1ccc(C)cc1)[C@H]1COC(=O)N1Cc1ccccc1. The molecular weight excluding hydrogens is 318 g/mol. The van der Waals surface area contributed by atoms with E-state index < -0.39 is 12.2 Å². The molecule has 130 valence electrons. The van der Waals surface area contributed by atoms with E-state index in [0.29, 0.717) is 6.54 Å². The van der Waals surface area contributed by atoms with Crippen LogP contribution in [-0.4, -0.2) is 29.6 Å². The van der Waals surface area contributed by atoms with Gasteiger partial charge in [0.2, 0.25) is 0 Å². The molecule has 0 aliphatic carbocycles. The molecule has 1 heterocycles. The molecule has 2 atom stereocenters. The first kappa shape index (κ1) is 17.0. The Morgan fingerprint density at radius 1 is 1.20 bits per heavy atom. The van der Waals surface area contributed by atoms with Crippen LogP contribution in [0.3, 0.4) is 0 Å². The molecule has 0 bridgehead atoms. The van der Waals surface area contributed by atoms with Crippen LogP contribution in [0.2, 0.25) is 0 Å². The van der Waals surface area contributed by atoms with Gasteiger partial charge in [-0.15, -0.1) is 0 Å². The number of amides is 1. The maximum Gasteiger partial charge on any atom is 0.410 e. The second kappa shape index (κ2) is 7.38. The average molecular weight is 339 g/mol. The summed E-state index contributed by atoms with van der Waals surface area (Å²) in [6, 6.07) is 17.1. The lowest BCUT2D eigenvalue weighted by molar-refractivity contribution is -0.149. The Bertz CT molecular complexity index is 742. The van der Waals surface area contributed by atoms with Crippen molar-refractivity contribution in [2.45, 2.75) is 32.5 Å². The molecule has 0 spiro atoms. The number of nitrogens with zero attached hydrogens (tertiary/aromatic N) is 1. The number of rotatable bonds is 5. The van der Waals surface area contributed by atoms with E-state index in [4.69, 9.17) is 9.47 Å². The van der Waals surface area contributed by atoms with E-state index >= 15 is 0 Å². The molecule has 5 nitrogen and oxygen atoms in total. The minimum Gasteiger partial charge on any atom is -0.455 e. The fourth-order valence-electron chi connectivity index (χ4n) is 2.98. The molecule has 2 aromatic rings. The second-order valence-corrected chi connectivity index (χ2v) is 6.20. The van der Waals surface area contributed by atoms with Crippen LogP contribution in [0.5, 0.6) is 0 Å². The van der Waals surface area contributed by atoms with Gasteiger partial charge >= 0.3 is 12.1 Å². The first-order valence-electron chi connectivity index (χ1n) is 8.25. The van der Waals surface area contributed by atoms with Gasteiger partial charge in [0.05, 0.1) is 0 Å². The highest BCUT2D eigenvalue weighted by Crippen LogP contribution is 2.31. The largest absolute Gasteiger partial charge is 0.455 e. The molecule has 3 rings (SSSR count). The van der Waals surface area contributed by atoms with E-state index in [1.165, 1.54) is 6.92 Å². The third-order valence-corrected chi connectivity index (χ3v) is 4.26. The van der Waals surface area contributed by atoms with Gasteiger partial charge in [-0.3, -0.25) is 9.69 Å². The standard InChI is InChI=1S/C20H21NO4/c1-14-8-10-17(11-9-14)19(25-15(2)22)18-13-24-20(23)21(18)12-16-6-4-3-5-7-16/h3-11,18-19H,12-13H2,1-2H3/t18-,19-/m1/s1. The molecule has 0 unspecified atom stereocenters. The number of esters is 1. The molecule has 1 fully saturated rings. The number of carbonyl (C=O) groups is 2. The number of cyclic esters (lactones) is 1. The van der Waals surface area contributed by atoms with Crippen LogP contribution >= 0.6 is 0 Å². The van der Waals surface area contributed by atoms with Crippen molar-refractivity contribution in [3.8, 4) is 0 Å². The Balaban J connectivity index is 1.88. The van der Waals surface area contributed by atoms with E-state index in [9.17, 15) is 9.59 Å². The van der Waals surface area contributed by atoms with E-state index in [2.05, 4.69) is 0 Å². The Labute approximate surface area is 147 Å². The number of benzene rings is 2. The molecule has 0 radical (unpaired) electrons. The summed E-state index contributed by atoms with van der Waals surface area (Å²) in [6.07, 6.45) is -0.952. The van der Waals surface area contributed by atoms with Crippen LogP contribution in [-0.2, 0) is 20.8 Å². The molecule has 25 heavy (non-hydrogen) atoms. The van der Waals surface area contributed by atoms with Crippen LogP contribution in [0.1, 0.15) is 29.7 Å². The third-order valence-electron chi connectivity index (χ3n) is 4.26. The fourth-order valence-corrected chi connectivity index (χ4v) is 2.98. The maximum absolute atomic E-state index is 12.2. The van der Waals surface area contributed by atoms with Gasteiger partial charge in [0.15, 0.2) is 6.10 Å². The molecule has 0 N–H and O–H groups in total. The quantitative estimate of drug-likeness (QED) is 0.781. The van der Waals surface area contributed by atoms with Crippen molar-refractivity contribution >= 4 is 12.1 Å². The highest BCUT2D eigenvalue weighted by molar-refractivity contribution is 5.71. The molecule has 0 saturated carbocycles.